The Morgan fingerprint density at radius 2 is 1.93 bits per heavy atom. The van der Waals surface area contributed by atoms with E-state index in [0.717, 1.165) is 0 Å². The van der Waals surface area contributed by atoms with Crippen molar-refractivity contribution in [3.63, 3.8) is 0 Å². The van der Waals surface area contributed by atoms with Crippen LogP contribution in [-0.2, 0) is 0 Å². The van der Waals surface area contributed by atoms with E-state index in [1.165, 1.54) is 0 Å². The average Bonchev–Trinajstić information content (AvgIpc) is 2.23. The highest BCUT2D eigenvalue weighted by molar-refractivity contribution is 7.50. The number of nitrogens with zero attached hydrogens (tertiary/aromatic N) is 3. The molecule has 2 N–H and O–H groups in total. The molecule has 0 spiro atoms. The van der Waals surface area contributed by atoms with E-state index in [2.05, 4.69) is 13.5 Å². The third-order valence-electron chi connectivity index (χ3n) is 1.41. The van der Waals surface area contributed by atoms with E-state index in [4.69, 9.17) is 10.3 Å². The van der Waals surface area contributed by atoms with Gasteiger partial charge in [0.15, 0.2) is 5.75 Å². The molecule has 2 rings (SSSR count). The predicted octanol–water partition coefficient (Wildman–Crippen LogP) is 2.72. The number of aromatic nitrogens is 3. The van der Waals surface area contributed by atoms with E-state index in [9.17, 15) is 0 Å². The van der Waals surface area contributed by atoms with Gasteiger partial charge < -0.3 is 10.3 Å². The van der Waals surface area contributed by atoms with Crippen molar-refractivity contribution in [1.29, 1.82) is 0 Å². The van der Waals surface area contributed by atoms with E-state index in [-0.39, 0.29) is 0 Å². The lowest BCUT2D eigenvalue weighted by Gasteiger charge is -1.99. The highest BCUT2D eigenvalue weighted by atomic mass is 31.2. The minimum Gasteiger partial charge on any atom is -0.396 e. The van der Waals surface area contributed by atoms with Gasteiger partial charge in [0.2, 0.25) is 0 Å². The minimum atomic E-state index is -1.11. The van der Waals surface area contributed by atoms with Gasteiger partial charge in [-0.05, 0) is 16.6 Å². The standard InChI is InChI=1S/C6H6N4OP3/c7-5-3-1-2-4-6(5)11-14-9-12-8-13-10-14/h1-4H,7H2/q+1. The summed E-state index contributed by atoms with van der Waals surface area (Å²) in [5, 5.41) is 0. The van der Waals surface area contributed by atoms with Gasteiger partial charge in [0, 0.05) is 9.02 Å². The molecule has 5 nitrogen and oxygen atoms in total. The first-order chi connectivity index (χ1) is 6.86. The molecular formula is C6H6N4OP3+. The zero-order chi connectivity index (χ0) is 9.80. The molecule has 8 heteroatoms. The van der Waals surface area contributed by atoms with Crippen LogP contribution in [0, 0.1) is 0 Å². The highest BCUT2D eigenvalue weighted by Crippen LogP contribution is 2.30. The smallest absolute Gasteiger partial charge is 0.396 e. The second-order valence-corrected chi connectivity index (χ2v) is 5.52. The van der Waals surface area contributed by atoms with Crippen molar-refractivity contribution < 1.29 is 4.52 Å². The number of benzene rings is 1. The SMILES string of the molecule is Nc1ccccc1O[p+]1npnpn1. The van der Waals surface area contributed by atoms with Gasteiger partial charge in [0.1, 0.15) is 0 Å². The lowest BCUT2D eigenvalue weighted by Crippen LogP contribution is -1.90. The predicted molar refractivity (Wildman–Crippen MR) is 58.8 cm³/mol. The van der Waals surface area contributed by atoms with Crippen molar-refractivity contribution in [2.24, 2.45) is 0 Å². The Bertz CT molecular complexity index is 426. The Kier molecular flexibility index (Phi) is 3.15. The maximum atomic E-state index is 5.71. The molecule has 0 radical (unpaired) electrons. The molecule has 1 aromatic heterocycles. The van der Waals surface area contributed by atoms with Crippen molar-refractivity contribution in [1.82, 2.24) is 13.5 Å². The fourth-order valence-electron chi connectivity index (χ4n) is 0.828. The third-order valence-corrected chi connectivity index (χ3v) is 4.28. The van der Waals surface area contributed by atoms with Gasteiger partial charge in [0.25, 0.3) is 0 Å². The quantitative estimate of drug-likeness (QED) is 0.820. The largest absolute Gasteiger partial charge is 0.414 e. The monoisotopic (exact) mass is 243 g/mol. The first kappa shape index (κ1) is 9.67. The van der Waals surface area contributed by atoms with Crippen LogP contribution >= 0.6 is 25.1 Å². The molecule has 1 heterocycles. The number of hydrogen-bond donors (Lipinski definition) is 1. The summed E-state index contributed by atoms with van der Waals surface area (Å²) in [5.74, 6) is 0.637. The molecule has 70 valence electrons. The highest BCUT2D eigenvalue weighted by Gasteiger charge is 2.08. The first-order valence-electron chi connectivity index (χ1n) is 3.70. The van der Waals surface area contributed by atoms with Crippen LogP contribution < -0.4 is 10.3 Å². The molecule has 0 aliphatic carbocycles. The number of hydrogen-bond acceptors (Lipinski definition) is 5. The summed E-state index contributed by atoms with van der Waals surface area (Å²) in [6.07, 6.45) is 0. The summed E-state index contributed by atoms with van der Waals surface area (Å²) in [6, 6.07) is 7.32. The number of nitrogen functional groups attached to an aromatic ring is 1. The number of nitrogens with two attached hydrogens (primary N) is 1. The van der Waals surface area contributed by atoms with Gasteiger partial charge in [-0.1, -0.05) is 12.1 Å². The summed E-state index contributed by atoms with van der Waals surface area (Å²) in [6.45, 7) is 0. The summed E-state index contributed by atoms with van der Waals surface area (Å²) in [4.78, 5) is 0. The number of rotatable bonds is 2. The van der Waals surface area contributed by atoms with Crippen molar-refractivity contribution in [3.8, 4) is 5.75 Å². The molecule has 2 aromatic rings. The van der Waals surface area contributed by atoms with E-state index in [1.807, 2.05) is 18.2 Å². The molecule has 0 bridgehead atoms. The lowest BCUT2D eigenvalue weighted by molar-refractivity contribution is 0.627. The van der Waals surface area contributed by atoms with Crippen LogP contribution in [0.25, 0.3) is 0 Å². The second-order valence-electron chi connectivity index (χ2n) is 2.33. The van der Waals surface area contributed by atoms with Crippen LogP contribution in [0.1, 0.15) is 0 Å². The molecule has 0 fully saturated rings. The van der Waals surface area contributed by atoms with Crippen molar-refractivity contribution >= 4 is 30.8 Å². The normalized spacial score (nSPS) is 12.1. The fourth-order valence-corrected chi connectivity index (χ4v) is 3.55. The summed E-state index contributed by atoms with van der Waals surface area (Å²) < 4.78 is 17.6. The van der Waals surface area contributed by atoms with Crippen LogP contribution in [0.3, 0.4) is 0 Å². The minimum absolute atomic E-state index is 0.608. The van der Waals surface area contributed by atoms with Crippen LogP contribution in [0.15, 0.2) is 24.3 Å². The zero-order valence-corrected chi connectivity index (χ0v) is 9.66. The first-order valence-corrected chi connectivity index (χ1v) is 6.47. The van der Waals surface area contributed by atoms with Gasteiger partial charge in [-0.25, -0.2) is 0 Å². The molecule has 0 unspecified atom stereocenters. The van der Waals surface area contributed by atoms with Crippen LogP contribution in [0.4, 0.5) is 5.69 Å². The van der Waals surface area contributed by atoms with Gasteiger partial charge in [-0.15, -0.1) is 0 Å². The third kappa shape index (κ3) is 2.33. The Morgan fingerprint density at radius 3 is 2.64 bits per heavy atom. The summed E-state index contributed by atoms with van der Waals surface area (Å²) >= 11 is 0. The van der Waals surface area contributed by atoms with Crippen LogP contribution in [-0.4, -0.2) is 13.5 Å². The Hall–Kier alpha value is -0.880. The van der Waals surface area contributed by atoms with Crippen molar-refractivity contribution in [2.75, 3.05) is 5.73 Å². The van der Waals surface area contributed by atoms with Gasteiger partial charge in [0.05, 0.1) is 5.69 Å². The Labute approximate surface area is 85.1 Å². The molecule has 0 aliphatic rings. The zero-order valence-electron chi connectivity index (χ0n) is 6.98. The topological polar surface area (TPSA) is 73.9 Å². The van der Waals surface area contributed by atoms with Crippen LogP contribution in [0.2, 0.25) is 0 Å². The second kappa shape index (κ2) is 4.56. The lowest BCUT2D eigenvalue weighted by atomic mass is 10.3. The molecule has 0 atom stereocenters. The van der Waals surface area contributed by atoms with Gasteiger partial charge >= 0.3 is 25.1 Å². The maximum Gasteiger partial charge on any atom is 0.414 e. The van der Waals surface area contributed by atoms with E-state index < -0.39 is 8.08 Å². The molecule has 0 aliphatic heterocycles. The van der Waals surface area contributed by atoms with Crippen LogP contribution in [0.5, 0.6) is 5.75 Å². The maximum absolute atomic E-state index is 5.71. The molecule has 0 amide bonds. The Balaban J connectivity index is 2.24. The van der Waals surface area contributed by atoms with Crippen molar-refractivity contribution in [3.05, 3.63) is 24.3 Å². The van der Waals surface area contributed by atoms with E-state index in [0.29, 0.717) is 28.5 Å². The number of anilines is 1. The summed E-state index contributed by atoms with van der Waals surface area (Å²) in [5.41, 5.74) is 6.32. The molecule has 0 saturated heterocycles. The van der Waals surface area contributed by atoms with Gasteiger partial charge in [-0.2, -0.15) is 0 Å². The summed E-state index contributed by atoms with van der Waals surface area (Å²) in [7, 11) is 0.260. The molecule has 0 saturated carbocycles. The fraction of sp³-hybridized carbons (Fsp3) is 0. The molecule has 1 aromatic carbocycles. The van der Waals surface area contributed by atoms with Crippen molar-refractivity contribution in [2.45, 2.75) is 0 Å². The Morgan fingerprint density at radius 1 is 1.21 bits per heavy atom. The van der Waals surface area contributed by atoms with E-state index >= 15 is 0 Å². The molecular weight excluding hydrogens is 237 g/mol. The molecule has 14 heavy (non-hydrogen) atoms. The van der Waals surface area contributed by atoms with E-state index in [1.54, 1.807) is 6.07 Å². The average molecular weight is 243 g/mol. The number of para-hydroxylation sites is 2. The van der Waals surface area contributed by atoms with Gasteiger partial charge in [-0.3, -0.25) is 0 Å².